The number of amides is 1. The predicted molar refractivity (Wildman–Crippen MR) is 98.4 cm³/mol. The van der Waals surface area contributed by atoms with Crippen LogP contribution in [0.2, 0.25) is 0 Å². The molecule has 2 aliphatic rings. The van der Waals surface area contributed by atoms with Crippen LogP contribution >= 0.6 is 12.4 Å². The Kier molecular flexibility index (Phi) is 5.30. The van der Waals surface area contributed by atoms with Gasteiger partial charge >= 0.3 is 0 Å². The summed E-state index contributed by atoms with van der Waals surface area (Å²) in [6.45, 7) is 2.28. The Balaban J connectivity index is 0.00000182. The van der Waals surface area contributed by atoms with Crippen molar-refractivity contribution in [1.82, 2.24) is 15.1 Å². The van der Waals surface area contributed by atoms with Crippen LogP contribution in [0.25, 0.3) is 0 Å². The molecule has 25 heavy (non-hydrogen) atoms. The number of halogens is 1. The Labute approximate surface area is 153 Å². The van der Waals surface area contributed by atoms with Gasteiger partial charge in [0.05, 0.1) is 18.7 Å². The van der Waals surface area contributed by atoms with Gasteiger partial charge in [0.2, 0.25) is 5.91 Å². The third-order valence-electron chi connectivity index (χ3n) is 4.88. The average molecular weight is 363 g/mol. The van der Waals surface area contributed by atoms with Crippen LogP contribution in [0.5, 0.6) is 5.75 Å². The fourth-order valence-corrected chi connectivity index (χ4v) is 3.61. The molecule has 1 aromatic heterocycles. The Morgan fingerprint density at radius 1 is 1.40 bits per heavy atom. The highest BCUT2D eigenvalue weighted by atomic mass is 35.5. The van der Waals surface area contributed by atoms with Crippen molar-refractivity contribution in [2.75, 3.05) is 25.0 Å². The van der Waals surface area contributed by atoms with Gasteiger partial charge in [-0.2, -0.15) is 5.10 Å². The van der Waals surface area contributed by atoms with Crippen LogP contribution in [0, 0.1) is 5.92 Å². The Morgan fingerprint density at radius 2 is 2.28 bits per heavy atom. The molecule has 3 heterocycles. The molecule has 2 atom stereocenters. The van der Waals surface area contributed by atoms with Gasteiger partial charge in [-0.3, -0.25) is 9.48 Å². The zero-order valence-electron chi connectivity index (χ0n) is 14.2. The molecule has 0 unspecified atom stereocenters. The number of nitrogens with zero attached hydrogens (tertiary/aromatic N) is 2. The van der Waals surface area contributed by atoms with Crippen LogP contribution in [0.15, 0.2) is 30.6 Å². The number of rotatable bonds is 3. The third kappa shape index (κ3) is 3.65. The van der Waals surface area contributed by atoms with E-state index in [0.717, 1.165) is 43.0 Å². The van der Waals surface area contributed by atoms with Crippen molar-refractivity contribution < 1.29 is 9.53 Å². The van der Waals surface area contributed by atoms with Gasteiger partial charge in [-0.05, 0) is 42.2 Å². The molecule has 1 fully saturated rings. The summed E-state index contributed by atoms with van der Waals surface area (Å²) in [6.07, 6.45) is 5.88. The number of ether oxygens (including phenoxy) is 1. The van der Waals surface area contributed by atoms with Gasteiger partial charge in [0, 0.05) is 37.9 Å². The van der Waals surface area contributed by atoms with Crippen LogP contribution < -0.4 is 15.4 Å². The molecule has 7 heteroatoms. The molecule has 134 valence electrons. The van der Waals surface area contributed by atoms with Crippen molar-refractivity contribution in [3.05, 3.63) is 41.7 Å². The maximum absolute atomic E-state index is 12.8. The molecular formula is C18H23ClN4O2. The predicted octanol–water partition coefficient (Wildman–Crippen LogP) is 2.11. The average Bonchev–Trinajstić information content (AvgIpc) is 3.23. The number of anilines is 1. The van der Waals surface area contributed by atoms with Crippen LogP contribution in [0.1, 0.15) is 23.5 Å². The first-order chi connectivity index (χ1) is 11.7. The molecule has 0 saturated carbocycles. The van der Waals surface area contributed by atoms with E-state index in [0.29, 0.717) is 6.54 Å². The fraction of sp³-hybridized carbons (Fsp3) is 0.444. The summed E-state index contributed by atoms with van der Waals surface area (Å²) in [5.74, 6) is 1.08. The molecule has 4 rings (SSSR count). The van der Waals surface area contributed by atoms with Crippen molar-refractivity contribution in [3.8, 4) is 5.75 Å². The van der Waals surface area contributed by atoms with Gasteiger partial charge in [0.1, 0.15) is 5.75 Å². The van der Waals surface area contributed by atoms with E-state index in [1.165, 1.54) is 5.56 Å². The van der Waals surface area contributed by atoms with Gasteiger partial charge in [-0.15, -0.1) is 12.4 Å². The SMILES string of the molecule is Cl.Cn1cc([C@H]2CNC[C@@H]2C(=O)Nc2ccc3c(c2)CCCO3)cn1. The number of hydrogen-bond donors (Lipinski definition) is 2. The molecule has 1 saturated heterocycles. The highest BCUT2D eigenvalue weighted by Crippen LogP contribution is 2.31. The highest BCUT2D eigenvalue weighted by molar-refractivity contribution is 5.93. The summed E-state index contributed by atoms with van der Waals surface area (Å²) in [6, 6.07) is 5.91. The highest BCUT2D eigenvalue weighted by Gasteiger charge is 2.34. The van der Waals surface area contributed by atoms with Crippen molar-refractivity contribution in [2.45, 2.75) is 18.8 Å². The number of hydrogen-bond acceptors (Lipinski definition) is 4. The maximum atomic E-state index is 12.8. The fourth-order valence-electron chi connectivity index (χ4n) is 3.61. The summed E-state index contributed by atoms with van der Waals surface area (Å²) in [7, 11) is 1.90. The van der Waals surface area contributed by atoms with E-state index < -0.39 is 0 Å². The van der Waals surface area contributed by atoms with Gasteiger partial charge in [0.15, 0.2) is 0 Å². The van der Waals surface area contributed by atoms with Crippen LogP contribution in [-0.4, -0.2) is 35.4 Å². The summed E-state index contributed by atoms with van der Waals surface area (Å²) in [4.78, 5) is 12.8. The van der Waals surface area contributed by atoms with Crippen molar-refractivity contribution in [1.29, 1.82) is 0 Å². The lowest BCUT2D eigenvalue weighted by Crippen LogP contribution is -2.28. The molecule has 0 radical (unpaired) electrons. The van der Waals surface area contributed by atoms with Gasteiger partial charge in [0.25, 0.3) is 0 Å². The lowest BCUT2D eigenvalue weighted by Gasteiger charge is -2.20. The lowest BCUT2D eigenvalue weighted by molar-refractivity contribution is -0.119. The van der Waals surface area contributed by atoms with E-state index in [4.69, 9.17) is 4.74 Å². The summed E-state index contributed by atoms with van der Waals surface area (Å²) in [5.41, 5.74) is 3.13. The zero-order chi connectivity index (χ0) is 16.5. The molecule has 2 aromatic rings. The van der Waals surface area contributed by atoms with Gasteiger partial charge in [-0.25, -0.2) is 0 Å². The smallest absolute Gasteiger partial charge is 0.229 e. The van der Waals surface area contributed by atoms with E-state index in [1.807, 2.05) is 37.6 Å². The largest absolute Gasteiger partial charge is 0.493 e. The van der Waals surface area contributed by atoms with Crippen molar-refractivity contribution >= 4 is 24.0 Å². The molecule has 2 N–H and O–H groups in total. The van der Waals surface area contributed by atoms with E-state index >= 15 is 0 Å². The second-order valence-electron chi connectivity index (χ2n) is 6.58. The lowest BCUT2D eigenvalue weighted by atomic mass is 9.90. The topological polar surface area (TPSA) is 68.2 Å². The van der Waals surface area contributed by atoms with Gasteiger partial charge < -0.3 is 15.4 Å². The number of nitrogens with one attached hydrogen (secondary N) is 2. The van der Waals surface area contributed by atoms with Crippen LogP contribution in [0.4, 0.5) is 5.69 Å². The quantitative estimate of drug-likeness (QED) is 0.877. The van der Waals surface area contributed by atoms with Crippen LogP contribution in [0.3, 0.4) is 0 Å². The third-order valence-corrected chi connectivity index (χ3v) is 4.88. The van der Waals surface area contributed by atoms with E-state index in [2.05, 4.69) is 15.7 Å². The Bertz CT molecular complexity index is 761. The molecular weight excluding hydrogens is 340 g/mol. The van der Waals surface area contributed by atoms with E-state index in [9.17, 15) is 4.79 Å². The number of carbonyl (C=O) groups excluding carboxylic acids is 1. The van der Waals surface area contributed by atoms with Crippen molar-refractivity contribution in [3.63, 3.8) is 0 Å². The Morgan fingerprint density at radius 3 is 3.08 bits per heavy atom. The molecule has 2 aliphatic heterocycles. The summed E-state index contributed by atoms with van der Waals surface area (Å²) in [5, 5.41) is 10.6. The standard InChI is InChI=1S/C18H22N4O2.ClH/c1-22-11-13(8-20-22)15-9-19-10-16(15)18(23)21-14-4-5-17-12(7-14)3-2-6-24-17;/h4-5,7-8,11,15-16,19H,2-3,6,9-10H2,1H3,(H,21,23);1H/t15-,16+;/m1./s1. The second kappa shape index (κ2) is 7.45. The second-order valence-corrected chi connectivity index (χ2v) is 6.58. The number of carbonyl (C=O) groups is 1. The first-order valence-corrected chi connectivity index (χ1v) is 8.46. The molecule has 1 amide bonds. The Hall–Kier alpha value is -2.05. The molecule has 6 nitrogen and oxygen atoms in total. The minimum Gasteiger partial charge on any atom is -0.493 e. The number of benzene rings is 1. The summed E-state index contributed by atoms with van der Waals surface area (Å²) < 4.78 is 7.41. The minimum absolute atomic E-state index is 0. The van der Waals surface area contributed by atoms with Crippen molar-refractivity contribution in [2.24, 2.45) is 13.0 Å². The normalized spacial score (nSPS) is 21.8. The van der Waals surface area contributed by atoms with E-state index in [1.54, 1.807) is 4.68 Å². The molecule has 0 aliphatic carbocycles. The van der Waals surface area contributed by atoms with E-state index in [-0.39, 0.29) is 30.2 Å². The van der Waals surface area contributed by atoms with Crippen LogP contribution in [-0.2, 0) is 18.3 Å². The molecule has 0 spiro atoms. The molecule has 1 aromatic carbocycles. The monoisotopic (exact) mass is 362 g/mol. The number of aryl methyl sites for hydroxylation is 2. The number of fused-ring (bicyclic) bond motifs is 1. The summed E-state index contributed by atoms with van der Waals surface area (Å²) >= 11 is 0. The minimum atomic E-state index is -0.0820. The first kappa shape index (κ1) is 17.8. The molecule has 0 bridgehead atoms. The van der Waals surface area contributed by atoms with Gasteiger partial charge in [-0.1, -0.05) is 0 Å². The maximum Gasteiger partial charge on any atom is 0.229 e. The zero-order valence-corrected chi connectivity index (χ0v) is 15.0. The first-order valence-electron chi connectivity index (χ1n) is 8.46. The number of aromatic nitrogens is 2.